The van der Waals surface area contributed by atoms with Gasteiger partial charge in [-0.05, 0) is 25.3 Å². The summed E-state index contributed by atoms with van der Waals surface area (Å²) in [6, 6.07) is 0. The molecule has 1 saturated heterocycles. The van der Waals surface area contributed by atoms with Crippen LogP contribution in [0.25, 0.3) is 0 Å². The lowest BCUT2D eigenvalue weighted by atomic mass is 10.00. The Morgan fingerprint density at radius 2 is 2.44 bits per heavy atom. The highest BCUT2D eigenvalue weighted by Gasteiger charge is 2.18. The predicted octanol–water partition coefficient (Wildman–Crippen LogP) is 1.91. The zero-order valence-corrected chi connectivity index (χ0v) is 10.7. The molecule has 1 aromatic rings. The summed E-state index contributed by atoms with van der Waals surface area (Å²) in [5, 5.41) is 0. The molecule has 1 fully saturated rings. The van der Waals surface area contributed by atoms with E-state index < -0.39 is 0 Å². The number of imidazole rings is 1. The summed E-state index contributed by atoms with van der Waals surface area (Å²) < 4.78 is 2.10. The molecule has 1 atom stereocenters. The molecule has 2 heterocycles. The van der Waals surface area contributed by atoms with Gasteiger partial charge in [0, 0.05) is 44.8 Å². The molecular weight excluding hydrogens is 222 g/mol. The van der Waals surface area contributed by atoms with Crippen molar-refractivity contribution in [1.29, 1.82) is 0 Å². The average molecular weight is 242 g/mol. The molecule has 0 aromatic carbocycles. The van der Waals surface area contributed by atoms with E-state index in [4.69, 9.17) is 11.6 Å². The number of aromatic nitrogens is 2. The highest BCUT2D eigenvalue weighted by atomic mass is 35.5. The van der Waals surface area contributed by atoms with E-state index >= 15 is 0 Å². The summed E-state index contributed by atoms with van der Waals surface area (Å²) in [5.74, 6) is 2.67. The molecule has 4 heteroatoms. The summed E-state index contributed by atoms with van der Waals surface area (Å²) in [7, 11) is 2.06. The van der Waals surface area contributed by atoms with Crippen molar-refractivity contribution in [3.05, 3.63) is 18.2 Å². The summed E-state index contributed by atoms with van der Waals surface area (Å²) >= 11 is 5.93. The molecule has 0 amide bonds. The Balaban J connectivity index is 1.79. The van der Waals surface area contributed by atoms with Crippen molar-refractivity contribution in [1.82, 2.24) is 14.5 Å². The van der Waals surface area contributed by atoms with Crippen molar-refractivity contribution < 1.29 is 0 Å². The maximum Gasteiger partial charge on any atom is 0.109 e. The van der Waals surface area contributed by atoms with E-state index in [1.54, 1.807) is 0 Å². The van der Waals surface area contributed by atoms with Gasteiger partial charge in [0.05, 0.1) is 0 Å². The largest absolute Gasteiger partial charge is 0.338 e. The molecule has 0 N–H and O–H groups in total. The first-order valence-electron chi connectivity index (χ1n) is 6.04. The van der Waals surface area contributed by atoms with E-state index in [-0.39, 0.29) is 0 Å². The van der Waals surface area contributed by atoms with Crippen LogP contribution >= 0.6 is 11.6 Å². The van der Waals surface area contributed by atoms with Gasteiger partial charge in [0.25, 0.3) is 0 Å². The van der Waals surface area contributed by atoms with Gasteiger partial charge >= 0.3 is 0 Å². The van der Waals surface area contributed by atoms with E-state index in [0.717, 1.165) is 25.4 Å². The second-order valence-electron chi connectivity index (χ2n) is 4.67. The summed E-state index contributed by atoms with van der Waals surface area (Å²) in [4.78, 5) is 6.87. The number of piperidine rings is 1. The monoisotopic (exact) mass is 241 g/mol. The Kier molecular flexibility index (Phi) is 4.24. The normalized spacial score (nSPS) is 22.5. The first-order valence-corrected chi connectivity index (χ1v) is 6.57. The van der Waals surface area contributed by atoms with Crippen LogP contribution in [0, 0.1) is 5.92 Å². The first-order chi connectivity index (χ1) is 7.79. The van der Waals surface area contributed by atoms with Crippen LogP contribution in [-0.2, 0) is 13.5 Å². The van der Waals surface area contributed by atoms with Gasteiger partial charge in [-0.3, -0.25) is 0 Å². The molecule has 0 radical (unpaired) electrons. The first kappa shape index (κ1) is 11.9. The molecule has 1 aromatic heterocycles. The number of halogens is 1. The van der Waals surface area contributed by atoms with E-state index in [9.17, 15) is 0 Å². The Morgan fingerprint density at radius 1 is 1.56 bits per heavy atom. The molecule has 16 heavy (non-hydrogen) atoms. The Morgan fingerprint density at radius 3 is 3.12 bits per heavy atom. The van der Waals surface area contributed by atoms with Crippen LogP contribution < -0.4 is 0 Å². The molecule has 1 aliphatic rings. The van der Waals surface area contributed by atoms with Crippen molar-refractivity contribution in [2.24, 2.45) is 13.0 Å². The maximum absolute atomic E-state index is 5.93. The lowest BCUT2D eigenvalue weighted by molar-refractivity contribution is 0.186. The molecule has 2 rings (SSSR count). The third-order valence-electron chi connectivity index (χ3n) is 3.39. The summed E-state index contributed by atoms with van der Waals surface area (Å²) in [6.45, 7) is 3.49. The summed E-state index contributed by atoms with van der Waals surface area (Å²) in [5.41, 5.74) is 0. The van der Waals surface area contributed by atoms with Gasteiger partial charge in [-0.15, -0.1) is 11.6 Å². The van der Waals surface area contributed by atoms with Crippen LogP contribution in [0.1, 0.15) is 18.7 Å². The molecule has 1 aliphatic heterocycles. The van der Waals surface area contributed by atoms with Crippen molar-refractivity contribution in [2.45, 2.75) is 19.3 Å². The van der Waals surface area contributed by atoms with E-state index in [2.05, 4.69) is 21.5 Å². The number of hydrogen-bond acceptors (Lipinski definition) is 2. The van der Waals surface area contributed by atoms with Gasteiger partial charge in [0.15, 0.2) is 0 Å². The van der Waals surface area contributed by atoms with Crippen molar-refractivity contribution in [3.63, 3.8) is 0 Å². The molecule has 1 unspecified atom stereocenters. The predicted molar refractivity (Wildman–Crippen MR) is 66.8 cm³/mol. The van der Waals surface area contributed by atoms with Crippen molar-refractivity contribution >= 4 is 11.6 Å². The topological polar surface area (TPSA) is 21.1 Å². The minimum atomic E-state index is 0.691. The van der Waals surface area contributed by atoms with Gasteiger partial charge in [-0.1, -0.05) is 0 Å². The van der Waals surface area contributed by atoms with Gasteiger partial charge in [-0.25, -0.2) is 4.98 Å². The Bertz CT molecular complexity index is 324. The van der Waals surface area contributed by atoms with E-state index in [1.165, 1.54) is 25.2 Å². The second kappa shape index (κ2) is 5.69. The fourth-order valence-corrected chi connectivity index (χ4v) is 2.63. The van der Waals surface area contributed by atoms with Crippen LogP contribution in [-0.4, -0.2) is 40.0 Å². The molecule has 0 bridgehead atoms. The zero-order chi connectivity index (χ0) is 11.4. The van der Waals surface area contributed by atoms with Gasteiger partial charge < -0.3 is 9.47 Å². The highest BCUT2D eigenvalue weighted by molar-refractivity contribution is 6.18. The van der Waals surface area contributed by atoms with Crippen LogP contribution in [0.4, 0.5) is 0 Å². The summed E-state index contributed by atoms with van der Waals surface area (Å²) in [6.07, 6.45) is 7.50. The van der Waals surface area contributed by atoms with Gasteiger partial charge in [0.2, 0.25) is 0 Å². The number of nitrogens with zero attached hydrogens (tertiary/aromatic N) is 3. The van der Waals surface area contributed by atoms with Crippen molar-refractivity contribution in [2.75, 3.05) is 25.5 Å². The van der Waals surface area contributed by atoms with Crippen molar-refractivity contribution in [3.8, 4) is 0 Å². The zero-order valence-electron chi connectivity index (χ0n) is 9.90. The van der Waals surface area contributed by atoms with Crippen LogP contribution in [0.15, 0.2) is 12.4 Å². The van der Waals surface area contributed by atoms with Crippen LogP contribution in [0.5, 0.6) is 0 Å². The second-order valence-corrected chi connectivity index (χ2v) is 4.98. The lowest BCUT2D eigenvalue weighted by Gasteiger charge is -2.31. The number of rotatable bonds is 4. The van der Waals surface area contributed by atoms with E-state index in [0.29, 0.717) is 5.92 Å². The third-order valence-corrected chi connectivity index (χ3v) is 3.83. The fraction of sp³-hybridized carbons (Fsp3) is 0.750. The van der Waals surface area contributed by atoms with Gasteiger partial charge in [0.1, 0.15) is 5.82 Å². The maximum atomic E-state index is 5.93. The fourth-order valence-electron chi connectivity index (χ4n) is 2.38. The quantitative estimate of drug-likeness (QED) is 0.751. The third kappa shape index (κ3) is 2.98. The average Bonchev–Trinajstić information content (AvgIpc) is 2.72. The number of hydrogen-bond donors (Lipinski definition) is 0. The number of aryl methyl sites for hydroxylation is 1. The number of alkyl halides is 1. The van der Waals surface area contributed by atoms with Crippen LogP contribution in [0.3, 0.4) is 0 Å². The molecule has 0 spiro atoms. The smallest absolute Gasteiger partial charge is 0.109 e. The minimum absolute atomic E-state index is 0.691. The standard InChI is InChI=1S/C12H20ClN3/c1-15-8-5-14-12(15)4-7-16-6-2-3-11(9-13)10-16/h5,8,11H,2-4,6-7,9-10H2,1H3. The number of likely N-dealkylation sites (tertiary alicyclic amines) is 1. The van der Waals surface area contributed by atoms with Crippen LogP contribution in [0.2, 0.25) is 0 Å². The molecule has 90 valence electrons. The minimum Gasteiger partial charge on any atom is -0.338 e. The molecular formula is C12H20ClN3. The molecule has 3 nitrogen and oxygen atoms in total. The molecule has 0 saturated carbocycles. The highest BCUT2D eigenvalue weighted by Crippen LogP contribution is 2.17. The lowest BCUT2D eigenvalue weighted by Crippen LogP contribution is -2.37. The Hall–Kier alpha value is -0.540. The Labute approximate surface area is 102 Å². The molecule has 0 aliphatic carbocycles. The SMILES string of the molecule is Cn1ccnc1CCN1CCCC(CCl)C1. The van der Waals surface area contributed by atoms with Gasteiger partial charge in [-0.2, -0.15) is 0 Å². The van der Waals surface area contributed by atoms with E-state index in [1.807, 2.05) is 12.4 Å².